The number of hydrogen-bond acceptors (Lipinski definition) is 3. The summed E-state index contributed by atoms with van der Waals surface area (Å²) < 4.78 is 5.30. The second-order valence-corrected chi connectivity index (χ2v) is 6.01. The van der Waals surface area contributed by atoms with Gasteiger partial charge in [-0.1, -0.05) is 13.8 Å². The van der Waals surface area contributed by atoms with E-state index in [4.69, 9.17) is 4.74 Å². The van der Waals surface area contributed by atoms with E-state index in [1.54, 1.807) is 4.90 Å². The minimum Gasteiger partial charge on any atom is -0.444 e. The third-order valence-electron chi connectivity index (χ3n) is 2.91. The average Bonchev–Trinajstić information content (AvgIpc) is 2.09. The van der Waals surface area contributed by atoms with Crippen LogP contribution in [0, 0.1) is 5.41 Å². The van der Waals surface area contributed by atoms with Crippen molar-refractivity contribution in [3.05, 3.63) is 0 Å². The van der Waals surface area contributed by atoms with Crippen LogP contribution in [0.5, 0.6) is 0 Å². The number of carbonyl (C=O) groups is 1. The number of nitrogens with zero attached hydrogens (tertiary/aromatic N) is 2. The zero-order chi connectivity index (χ0) is 13.3. The van der Waals surface area contributed by atoms with Gasteiger partial charge in [0.2, 0.25) is 0 Å². The third-order valence-corrected chi connectivity index (χ3v) is 2.91. The second kappa shape index (κ2) is 4.84. The van der Waals surface area contributed by atoms with Gasteiger partial charge in [-0.2, -0.15) is 0 Å². The molecule has 1 spiro atoms. The Balaban J connectivity index is 0.000000686. The molecule has 0 aliphatic carbocycles. The molecular weight excluding hydrogens is 216 g/mol. The summed E-state index contributed by atoms with van der Waals surface area (Å²) in [6, 6.07) is 0. The van der Waals surface area contributed by atoms with Crippen LogP contribution in [0.2, 0.25) is 0 Å². The van der Waals surface area contributed by atoms with Crippen molar-refractivity contribution in [3.8, 4) is 0 Å². The Labute approximate surface area is 105 Å². The highest BCUT2D eigenvalue weighted by molar-refractivity contribution is 5.69. The van der Waals surface area contributed by atoms with Crippen LogP contribution in [0.3, 0.4) is 0 Å². The number of amides is 1. The van der Waals surface area contributed by atoms with E-state index < -0.39 is 0 Å². The first kappa shape index (κ1) is 14.3. The summed E-state index contributed by atoms with van der Waals surface area (Å²) in [4.78, 5) is 15.7. The molecule has 2 aliphatic heterocycles. The predicted octanol–water partition coefficient (Wildman–Crippen LogP) is 2.20. The topological polar surface area (TPSA) is 32.8 Å². The highest BCUT2D eigenvalue weighted by Crippen LogP contribution is 2.39. The summed E-state index contributed by atoms with van der Waals surface area (Å²) >= 11 is 0. The van der Waals surface area contributed by atoms with E-state index in [2.05, 4.69) is 11.9 Å². The SMILES string of the molecule is CC.CN1CC2(C1)CN(C(=O)OC(C)(C)C)C2. The molecule has 2 heterocycles. The summed E-state index contributed by atoms with van der Waals surface area (Å²) in [5.74, 6) is 0. The summed E-state index contributed by atoms with van der Waals surface area (Å²) in [7, 11) is 2.11. The van der Waals surface area contributed by atoms with Crippen molar-refractivity contribution >= 4 is 6.09 Å². The van der Waals surface area contributed by atoms with Crippen molar-refractivity contribution < 1.29 is 9.53 Å². The van der Waals surface area contributed by atoms with Crippen LogP contribution >= 0.6 is 0 Å². The normalized spacial score (nSPS) is 22.1. The average molecular weight is 242 g/mol. The van der Waals surface area contributed by atoms with Gasteiger partial charge in [0, 0.05) is 31.6 Å². The van der Waals surface area contributed by atoms with Crippen LogP contribution in [-0.4, -0.2) is 54.7 Å². The Morgan fingerprint density at radius 2 is 1.59 bits per heavy atom. The molecule has 2 aliphatic rings. The Morgan fingerprint density at radius 3 is 1.94 bits per heavy atom. The minimum absolute atomic E-state index is 0.164. The van der Waals surface area contributed by atoms with Crippen LogP contribution in [0.4, 0.5) is 4.79 Å². The zero-order valence-electron chi connectivity index (χ0n) is 12.0. The number of hydrogen-bond donors (Lipinski definition) is 0. The summed E-state index contributed by atoms with van der Waals surface area (Å²) in [6.45, 7) is 13.7. The highest BCUT2D eigenvalue weighted by atomic mass is 16.6. The van der Waals surface area contributed by atoms with Crippen LogP contribution < -0.4 is 0 Å². The minimum atomic E-state index is -0.379. The van der Waals surface area contributed by atoms with Crippen LogP contribution in [-0.2, 0) is 4.74 Å². The molecule has 2 fully saturated rings. The maximum Gasteiger partial charge on any atom is 0.410 e. The van der Waals surface area contributed by atoms with E-state index in [0.717, 1.165) is 26.2 Å². The third kappa shape index (κ3) is 3.35. The van der Waals surface area contributed by atoms with E-state index >= 15 is 0 Å². The van der Waals surface area contributed by atoms with Crippen LogP contribution in [0.25, 0.3) is 0 Å². The monoisotopic (exact) mass is 242 g/mol. The lowest BCUT2D eigenvalue weighted by Crippen LogP contribution is -2.72. The van der Waals surface area contributed by atoms with Gasteiger partial charge in [0.25, 0.3) is 0 Å². The first-order valence-electron chi connectivity index (χ1n) is 6.46. The number of rotatable bonds is 0. The van der Waals surface area contributed by atoms with Gasteiger partial charge in [-0.15, -0.1) is 0 Å². The lowest BCUT2D eigenvalue weighted by atomic mass is 9.73. The van der Waals surface area contributed by atoms with Gasteiger partial charge in [0.05, 0.1) is 0 Å². The zero-order valence-corrected chi connectivity index (χ0v) is 12.0. The molecule has 4 heteroatoms. The molecule has 100 valence electrons. The molecule has 0 aromatic rings. The molecule has 0 N–H and O–H groups in total. The summed E-state index contributed by atoms with van der Waals surface area (Å²) in [5.41, 5.74) is 0.0158. The maximum atomic E-state index is 11.6. The Morgan fingerprint density at radius 1 is 1.12 bits per heavy atom. The largest absolute Gasteiger partial charge is 0.444 e. The van der Waals surface area contributed by atoms with Crippen molar-refractivity contribution in [1.29, 1.82) is 0 Å². The van der Waals surface area contributed by atoms with Gasteiger partial charge in [0.1, 0.15) is 5.60 Å². The fourth-order valence-electron chi connectivity index (χ4n) is 2.52. The number of ether oxygens (including phenoxy) is 1. The van der Waals surface area contributed by atoms with Crippen molar-refractivity contribution in [1.82, 2.24) is 9.80 Å². The predicted molar refractivity (Wildman–Crippen MR) is 69.1 cm³/mol. The molecule has 0 aromatic carbocycles. The molecule has 4 nitrogen and oxygen atoms in total. The molecular formula is C13H26N2O2. The first-order valence-corrected chi connectivity index (χ1v) is 6.46. The fraction of sp³-hybridized carbons (Fsp3) is 0.923. The van der Waals surface area contributed by atoms with Crippen molar-refractivity contribution in [2.45, 2.75) is 40.2 Å². The highest BCUT2D eigenvalue weighted by Gasteiger charge is 2.52. The standard InChI is InChI=1S/C11H20N2O2.C2H6/c1-10(2,3)15-9(14)13-7-11(8-13)5-12(4)6-11;1-2/h5-8H2,1-4H3;1-2H3. The van der Waals surface area contributed by atoms with Gasteiger partial charge in [0.15, 0.2) is 0 Å². The Kier molecular flexibility index (Phi) is 4.07. The molecule has 2 saturated heterocycles. The fourth-order valence-corrected chi connectivity index (χ4v) is 2.52. The number of carbonyl (C=O) groups excluding carboxylic acids is 1. The maximum absolute atomic E-state index is 11.6. The smallest absolute Gasteiger partial charge is 0.410 e. The summed E-state index contributed by atoms with van der Waals surface area (Å²) in [5, 5.41) is 0. The lowest BCUT2D eigenvalue weighted by molar-refractivity contribution is -0.103. The Hall–Kier alpha value is -0.770. The van der Waals surface area contributed by atoms with Gasteiger partial charge in [-0.05, 0) is 27.8 Å². The summed E-state index contributed by atoms with van der Waals surface area (Å²) in [6.07, 6.45) is -0.164. The molecule has 17 heavy (non-hydrogen) atoms. The molecule has 1 amide bonds. The van der Waals surface area contributed by atoms with Crippen molar-refractivity contribution in [2.24, 2.45) is 5.41 Å². The van der Waals surface area contributed by atoms with E-state index in [0.29, 0.717) is 5.41 Å². The second-order valence-electron chi connectivity index (χ2n) is 6.01. The van der Waals surface area contributed by atoms with E-state index in [1.165, 1.54) is 0 Å². The van der Waals surface area contributed by atoms with Crippen molar-refractivity contribution in [3.63, 3.8) is 0 Å². The molecule has 0 atom stereocenters. The number of likely N-dealkylation sites (tertiary alicyclic amines) is 2. The molecule has 2 rings (SSSR count). The van der Waals surface area contributed by atoms with Gasteiger partial charge >= 0.3 is 6.09 Å². The molecule has 0 bridgehead atoms. The molecule has 0 radical (unpaired) electrons. The molecule has 0 aromatic heterocycles. The van der Waals surface area contributed by atoms with Gasteiger partial charge in [-0.25, -0.2) is 4.79 Å². The van der Waals surface area contributed by atoms with E-state index in [1.807, 2.05) is 34.6 Å². The lowest BCUT2D eigenvalue weighted by Gasteiger charge is -2.59. The van der Waals surface area contributed by atoms with Crippen LogP contribution in [0.1, 0.15) is 34.6 Å². The van der Waals surface area contributed by atoms with Crippen molar-refractivity contribution in [2.75, 3.05) is 33.2 Å². The van der Waals surface area contributed by atoms with Gasteiger partial charge in [-0.3, -0.25) is 0 Å². The molecule has 0 saturated carbocycles. The first-order chi connectivity index (χ1) is 7.80. The quantitative estimate of drug-likeness (QED) is 0.653. The van der Waals surface area contributed by atoms with Crippen LogP contribution in [0.15, 0.2) is 0 Å². The molecule has 0 unspecified atom stereocenters. The van der Waals surface area contributed by atoms with Gasteiger partial charge < -0.3 is 14.5 Å². The van der Waals surface area contributed by atoms with E-state index in [9.17, 15) is 4.79 Å². The Bertz CT molecular complexity index is 270. The van der Waals surface area contributed by atoms with E-state index in [-0.39, 0.29) is 11.7 Å².